The van der Waals surface area contributed by atoms with Crippen LogP contribution in [-0.2, 0) is 16.1 Å². The van der Waals surface area contributed by atoms with Gasteiger partial charge in [-0.3, -0.25) is 4.79 Å². The smallest absolute Gasteiger partial charge is 0.337 e. The largest absolute Gasteiger partial charge is 0.465 e. The standard InChI is InChI=1S/C21H18ClN3O3/c1-28-21(27)14-8-6-13(7-9-14)16-10-19(26)24-20-17(16)11-23-25(20)12-15-4-2-3-5-18(15)22/h2-9,11,16H,10,12H2,1H3,(H,24,26)/t16-/m1/s1. The number of anilines is 1. The molecule has 0 fully saturated rings. The third-order valence-corrected chi connectivity index (χ3v) is 5.27. The molecular formula is C21H18ClN3O3. The van der Waals surface area contributed by atoms with Gasteiger partial charge in [-0.1, -0.05) is 41.9 Å². The zero-order valence-corrected chi connectivity index (χ0v) is 15.9. The van der Waals surface area contributed by atoms with Gasteiger partial charge in [0.15, 0.2) is 0 Å². The second-order valence-corrected chi connectivity index (χ2v) is 7.02. The summed E-state index contributed by atoms with van der Waals surface area (Å²) < 4.78 is 6.49. The Labute approximate surface area is 167 Å². The molecule has 0 spiro atoms. The molecule has 1 atom stereocenters. The Kier molecular flexibility index (Phi) is 4.88. The molecule has 0 saturated carbocycles. The van der Waals surface area contributed by atoms with Crippen molar-refractivity contribution in [1.82, 2.24) is 9.78 Å². The van der Waals surface area contributed by atoms with Gasteiger partial charge in [0.05, 0.1) is 25.4 Å². The summed E-state index contributed by atoms with van der Waals surface area (Å²) in [5.41, 5.74) is 3.29. The minimum atomic E-state index is -0.388. The van der Waals surface area contributed by atoms with Crippen LogP contribution in [0.25, 0.3) is 0 Å². The van der Waals surface area contributed by atoms with Gasteiger partial charge in [0.1, 0.15) is 5.82 Å². The van der Waals surface area contributed by atoms with E-state index in [1.54, 1.807) is 23.0 Å². The van der Waals surface area contributed by atoms with Crippen molar-refractivity contribution in [3.05, 3.63) is 82.0 Å². The average Bonchev–Trinajstić information content (AvgIpc) is 3.11. The van der Waals surface area contributed by atoms with E-state index in [1.807, 2.05) is 36.4 Å². The average molecular weight is 396 g/mol. The third kappa shape index (κ3) is 3.39. The minimum absolute atomic E-state index is 0.0737. The predicted molar refractivity (Wildman–Crippen MR) is 106 cm³/mol. The van der Waals surface area contributed by atoms with Crippen LogP contribution in [0.5, 0.6) is 0 Å². The number of benzene rings is 2. The molecule has 2 heterocycles. The van der Waals surface area contributed by atoms with E-state index in [4.69, 9.17) is 16.3 Å². The van der Waals surface area contributed by atoms with Gasteiger partial charge in [-0.25, -0.2) is 9.48 Å². The third-order valence-electron chi connectivity index (χ3n) is 4.90. The number of nitrogens with one attached hydrogen (secondary N) is 1. The van der Waals surface area contributed by atoms with Crippen molar-refractivity contribution < 1.29 is 14.3 Å². The fourth-order valence-corrected chi connectivity index (χ4v) is 3.64. The molecule has 1 aromatic heterocycles. The molecule has 4 rings (SSSR count). The van der Waals surface area contributed by atoms with Gasteiger partial charge in [0, 0.05) is 22.9 Å². The molecular weight excluding hydrogens is 378 g/mol. The number of fused-ring (bicyclic) bond motifs is 1. The molecule has 7 heteroatoms. The number of hydrogen-bond donors (Lipinski definition) is 1. The monoisotopic (exact) mass is 395 g/mol. The van der Waals surface area contributed by atoms with E-state index in [-0.39, 0.29) is 17.8 Å². The first-order chi connectivity index (χ1) is 13.6. The number of nitrogens with zero attached hydrogens (tertiary/aromatic N) is 2. The zero-order chi connectivity index (χ0) is 19.7. The molecule has 142 valence electrons. The van der Waals surface area contributed by atoms with Crippen LogP contribution in [0.4, 0.5) is 5.82 Å². The minimum Gasteiger partial charge on any atom is -0.465 e. The molecule has 0 unspecified atom stereocenters. The summed E-state index contributed by atoms with van der Waals surface area (Å²) in [6.07, 6.45) is 2.10. The van der Waals surface area contributed by atoms with Crippen LogP contribution >= 0.6 is 11.6 Å². The number of carbonyl (C=O) groups excluding carboxylic acids is 2. The lowest BCUT2D eigenvalue weighted by atomic mass is 9.87. The van der Waals surface area contributed by atoms with E-state index in [0.29, 0.717) is 29.4 Å². The Morgan fingerprint density at radius 2 is 2.00 bits per heavy atom. The lowest BCUT2D eigenvalue weighted by molar-refractivity contribution is -0.116. The first-order valence-electron chi connectivity index (χ1n) is 8.84. The van der Waals surface area contributed by atoms with E-state index >= 15 is 0 Å². The molecule has 2 aromatic carbocycles. The van der Waals surface area contributed by atoms with E-state index in [1.165, 1.54) is 7.11 Å². The molecule has 1 aliphatic rings. The Balaban J connectivity index is 1.67. The van der Waals surface area contributed by atoms with Crippen molar-refractivity contribution in [3.63, 3.8) is 0 Å². The van der Waals surface area contributed by atoms with E-state index in [9.17, 15) is 9.59 Å². The van der Waals surface area contributed by atoms with Gasteiger partial charge in [0.2, 0.25) is 5.91 Å². The second kappa shape index (κ2) is 7.48. The van der Waals surface area contributed by atoms with Crippen LogP contribution in [0.3, 0.4) is 0 Å². The summed E-state index contributed by atoms with van der Waals surface area (Å²) >= 11 is 6.26. The number of hydrogen-bond acceptors (Lipinski definition) is 4. The van der Waals surface area contributed by atoms with Crippen molar-refractivity contribution in [2.24, 2.45) is 0 Å². The van der Waals surface area contributed by atoms with Crippen LogP contribution in [0, 0.1) is 0 Å². The Morgan fingerprint density at radius 3 is 2.71 bits per heavy atom. The number of carbonyl (C=O) groups is 2. The first kappa shape index (κ1) is 18.3. The highest BCUT2D eigenvalue weighted by molar-refractivity contribution is 6.31. The van der Waals surface area contributed by atoms with Gasteiger partial charge >= 0.3 is 5.97 Å². The molecule has 0 bridgehead atoms. The molecule has 1 amide bonds. The van der Waals surface area contributed by atoms with Crippen molar-refractivity contribution in [1.29, 1.82) is 0 Å². The van der Waals surface area contributed by atoms with Crippen LogP contribution in [0.1, 0.15) is 39.4 Å². The molecule has 1 N–H and O–H groups in total. The lowest BCUT2D eigenvalue weighted by Gasteiger charge is -2.24. The Hall–Kier alpha value is -3.12. The van der Waals surface area contributed by atoms with Gasteiger partial charge in [-0.15, -0.1) is 0 Å². The summed E-state index contributed by atoms with van der Waals surface area (Å²) in [4.78, 5) is 24.0. The SMILES string of the molecule is COC(=O)c1ccc([C@H]2CC(=O)Nc3c2cnn3Cc2ccccc2Cl)cc1. The first-order valence-corrected chi connectivity index (χ1v) is 9.22. The van der Waals surface area contributed by atoms with E-state index in [2.05, 4.69) is 10.4 Å². The van der Waals surface area contributed by atoms with Gasteiger partial charge < -0.3 is 10.1 Å². The number of methoxy groups -OCH3 is 1. The van der Waals surface area contributed by atoms with Crippen LogP contribution in [0.2, 0.25) is 5.02 Å². The number of aromatic nitrogens is 2. The summed E-state index contributed by atoms with van der Waals surface area (Å²) in [6.45, 7) is 0.462. The maximum absolute atomic E-state index is 12.3. The Bertz CT molecular complexity index is 1040. The number of rotatable bonds is 4. The topological polar surface area (TPSA) is 73.2 Å². The molecule has 28 heavy (non-hydrogen) atoms. The van der Waals surface area contributed by atoms with Crippen molar-refractivity contribution in [3.8, 4) is 0 Å². The van der Waals surface area contributed by atoms with E-state index in [0.717, 1.165) is 16.7 Å². The molecule has 0 radical (unpaired) electrons. The fourth-order valence-electron chi connectivity index (χ4n) is 3.44. The second-order valence-electron chi connectivity index (χ2n) is 6.62. The number of esters is 1. The molecule has 1 aliphatic heterocycles. The quantitative estimate of drug-likeness (QED) is 0.681. The fraction of sp³-hybridized carbons (Fsp3) is 0.190. The van der Waals surface area contributed by atoms with Crippen molar-refractivity contribution in [2.75, 3.05) is 12.4 Å². The zero-order valence-electron chi connectivity index (χ0n) is 15.2. The maximum Gasteiger partial charge on any atom is 0.337 e. The number of ether oxygens (including phenoxy) is 1. The molecule has 0 saturated heterocycles. The maximum atomic E-state index is 12.3. The van der Waals surface area contributed by atoms with Crippen molar-refractivity contribution >= 4 is 29.3 Å². The van der Waals surface area contributed by atoms with Crippen LogP contribution in [0.15, 0.2) is 54.7 Å². The summed E-state index contributed by atoms with van der Waals surface area (Å²) in [7, 11) is 1.35. The molecule has 0 aliphatic carbocycles. The summed E-state index contributed by atoms with van der Waals surface area (Å²) in [5.74, 6) is 0.0882. The Morgan fingerprint density at radius 1 is 1.25 bits per heavy atom. The van der Waals surface area contributed by atoms with Gasteiger partial charge in [0.25, 0.3) is 0 Å². The van der Waals surface area contributed by atoms with E-state index < -0.39 is 0 Å². The highest BCUT2D eigenvalue weighted by Crippen LogP contribution is 2.37. The highest BCUT2D eigenvalue weighted by atomic mass is 35.5. The summed E-state index contributed by atoms with van der Waals surface area (Å²) in [6, 6.07) is 14.7. The van der Waals surface area contributed by atoms with Gasteiger partial charge in [-0.2, -0.15) is 5.10 Å². The molecule has 6 nitrogen and oxygen atoms in total. The lowest BCUT2D eigenvalue weighted by Crippen LogP contribution is -2.25. The van der Waals surface area contributed by atoms with Crippen LogP contribution in [-0.4, -0.2) is 28.8 Å². The van der Waals surface area contributed by atoms with Gasteiger partial charge in [-0.05, 0) is 29.3 Å². The van der Waals surface area contributed by atoms with Crippen LogP contribution < -0.4 is 5.32 Å². The summed E-state index contributed by atoms with van der Waals surface area (Å²) in [5, 5.41) is 8.06. The number of halogens is 1. The molecule has 3 aromatic rings. The van der Waals surface area contributed by atoms with Crippen molar-refractivity contribution in [2.45, 2.75) is 18.9 Å². The predicted octanol–water partition coefficient (Wildman–Crippen LogP) is 3.85. The normalized spacial score (nSPS) is 15.6. The highest BCUT2D eigenvalue weighted by Gasteiger charge is 2.30. The number of amides is 1.